The molecule has 0 saturated heterocycles. The maximum atomic E-state index is 12.7. The van der Waals surface area contributed by atoms with Gasteiger partial charge in [0.2, 0.25) is 0 Å². The van der Waals surface area contributed by atoms with Gasteiger partial charge in [0.05, 0.1) is 0 Å². The van der Waals surface area contributed by atoms with Crippen LogP contribution in [0.15, 0.2) is 41.1 Å². The Morgan fingerprint density at radius 2 is 2.04 bits per heavy atom. The van der Waals surface area contributed by atoms with Crippen LogP contribution in [0, 0.1) is 0 Å². The van der Waals surface area contributed by atoms with Crippen LogP contribution in [0.5, 0.6) is 0 Å². The minimum Gasteiger partial charge on any atom is -0.363 e. The lowest BCUT2D eigenvalue weighted by Crippen LogP contribution is -2.40. The van der Waals surface area contributed by atoms with Crippen molar-refractivity contribution in [2.45, 2.75) is 19.8 Å². The van der Waals surface area contributed by atoms with Crippen LogP contribution >= 0.6 is 0 Å². The van der Waals surface area contributed by atoms with Gasteiger partial charge in [0.1, 0.15) is 24.1 Å². The van der Waals surface area contributed by atoms with Crippen LogP contribution in [0.1, 0.15) is 30.1 Å². The molecule has 0 radical (unpaired) electrons. The standard InChI is InChI=1S/C16H19N3O4/c1-2-3-9-19(10-14(20)17-22)16(21)13-11-23-18-15(13)12-7-5-4-6-8-12/h4-8,11,22H,2-3,9-10H2,1H3,(H,17,20). The quantitative estimate of drug-likeness (QED) is 0.602. The first-order valence-electron chi connectivity index (χ1n) is 7.39. The number of amides is 2. The molecule has 0 saturated carbocycles. The van der Waals surface area contributed by atoms with Gasteiger partial charge in [-0.2, -0.15) is 0 Å². The molecule has 2 N–H and O–H groups in total. The predicted molar refractivity (Wildman–Crippen MR) is 82.7 cm³/mol. The minimum atomic E-state index is -0.646. The Bertz CT molecular complexity index is 654. The molecule has 0 aliphatic rings. The summed E-state index contributed by atoms with van der Waals surface area (Å²) in [4.78, 5) is 25.5. The molecular weight excluding hydrogens is 298 g/mol. The number of aromatic nitrogens is 1. The molecule has 122 valence electrons. The monoisotopic (exact) mass is 317 g/mol. The second-order valence-electron chi connectivity index (χ2n) is 5.06. The second kappa shape index (κ2) is 8.09. The molecule has 0 aliphatic heterocycles. The van der Waals surface area contributed by atoms with Crippen molar-refractivity contribution >= 4 is 11.8 Å². The summed E-state index contributed by atoms with van der Waals surface area (Å²) >= 11 is 0. The van der Waals surface area contributed by atoms with E-state index in [-0.39, 0.29) is 18.0 Å². The molecule has 0 unspecified atom stereocenters. The zero-order valence-corrected chi connectivity index (χ0v) is 12.9. The SMILES string of the molecule is CCCCN(CC(=O)NO)C(=O)c1conc1-c1ccccc1. The normalized spacial score (nSPS) is 10.3. The van der Waals surface area contributed by atoms with Crippen LogP contribution in [-0.4, -0.2) is 40.2 Å². The Balaban J connectivity index is 2.26. The van der Waals surface area contributed by atoms with Gasteiger partial charge in [0.15, 0.2) is 0 Å². The van der Waals surface area contributed by atoms with E-state index in [0.29, 0.717) is 12.2 Å². The molecule has 7 nitrogen and oxygen atoms in total. The number of nitrogens with one attached hydrogen (secondary N) is 1. The molecule has 2 amide bonds. The number of benzene rings is 1. The van der Waals surface area contributed by atoms with Gasteiger partial charge < -0.3 is 9.42 Å². The summed E-state index contributed by atoms with van der Waals surface area (Å²) < 4.78 is 4.96. The number of carbonyl (C=O) groups is 2. The lowest BCUT2D eigenvalue weighted by Gasteiger charge is -2.21. The van der Waals surface area contributed by atoms with Crippen LogP contribution in [-0.2, 0) is 4.79 Å². The third kappa shape index (κ3) is 4.17. The van der Waals surface area contributed by atoms with Crippen molar-refractivity contribution in [1.82, 2.24) is 15.5 Å². The third-order valence-corrected chi connectivity index (χ3v) is 3.38. The van der Waals surface area contributed by atoms with E-state index in [4.69, 9.17) is 9.73 Å². The van der Waals surface area contributed by atoms with Crippen molar-refractivity contribution in [3.05, 3.63) is 42.2 Å². The van der Waals surface area contributed by atoms with Crippen molar-refractivity contribution in [2.24, 2.45) is 0 Å². The molecule has 1 aromatic carbocycles. The van der Waals surface area contributed by atoms with E-state index >= 15 is 0 Å². The van der Waals surface area contributed by atoms with Crippen LogP contribution in [0.3, 0.4) is 0 Å². The summed E-state index contributed by atoms with van der Waals surface area (Å²) in [6.45, 7) is 2.17. The maximum absolute atomic E-state index is 12.7. The molecule has 1 aromatic heterocycles. The fourth-order valence-electron chi connectivity index (χ4n) is 2.17. The van der Waals surface area contributed by atoms with Crippen LogP contribution in [0.2, 0.25) is 0 Å². The molecule has 0 spiro atoms. The zero-order valence-electron chi connectivity index (χ0n) is 12.9. The number of unbranched alkanes of at least 4 members (excludes halogenated alkanes) is 1. The van der Waals surface area contributed by atoms with E-state index < -0.39 is 5.91 Å². The van der Waals surface area contributed by atoms with E-state index in [9.17, 15) is 9.59 Å². The Morgan fingerprint density at radius 1 is 1.30 bits per heavy atom. The Kier molecular flexibility index (Phi) is 5.87. The summed E-state index contributed by atoms with van der Waals surface area (Å²) in [6.07, 6.45) is 2.90. The fraction of sp³-hybridized carbons (Fsp3) is 0.312. The number of carbonyl (C=O) groups excluding carboxylic acids is 2. The summed E-state index contributed by atoms with van der Waals surface area (Å²) in [6, 6.07) is 9.19. The summed E-state index contributed by atoms with van der Waals surface area (Å²) in [5.41, 5.74) is 3.02. The Labute approximate surface area is 133 Å². The van der Waals surface area contributed by atoms with Gasteiger partial charge in [-0.05, 0) is 6.42 Å². The molecule has 0 fully saturated rings. The first-order valence-corrected chi connectivity index (χ1v) is 7.39. The third-order valence-electron chi connectivity index (χ3n) is 3.38. The molecule has 1 heterocycles. The van der Waals surface area contributed by atoms with E-state index in [0.717, 1.165) is 18.4 Å². The van der Waals surface area contributed by atoms with Gasteiger partial charge in [0, 0.05) is 12.1 Å². The highest BCUT2D eigenvalue weighted by Crippen LogP contribution is 2.23. The number of nitrogens with zero attached hydrogens (tertiary/aromatic N) is 2. The molecule has 23 heavy (non-hydrogen) atoms. The van der Waals surface area contributed by atoms with E-state index in [1.165, 1.54) is 11.2 Å². The first kappa shape index (κ1) is 16.7. The van der Waals surface area contributed by atoms with E-state index in [1.807, 2.05) is 37.3 Å². The number of hydrogen-bond acceptors (Lipinski definition) is 5. The van der Waals surface area contributed by atoms with Gasteiger partial charge in [0.25, 0.3) is 11.8 Å². The van der Waals surface area contributed by atoms with Crippen molar-refractivity contribution < 1.29 is 19.3 Å². The van der Waals surface area contributed by atoms with E-state index in [1.54, 1.807) is 5.48 Å². The molecule has 2 rings (SSSR count). The zero-order chi connectivity index (χ0) is 16.7. The van der Waals surface area contributed by atoms with Gasteiger partial charge in [-0.1, -0.05) is 48.8 Å². The van der Waals surface area contributed by atoms with Crippen LogP contribution < -0.4 is 5.48 Å². The summed E-state index contributed by atoms with van der Waals surface area (Å²) in [5, 5.41) is 12.6. The topological polar surface area (TPSA) is 95.7 Å². The highest BCUT2D eigenvalue weighted by atomic mass is 16.5. The maximum Gasteiger partial charge on any atom is 0.262 e. The molecule has 7 heteroatoms. The molecule has 0 bridgehead atoms. The van der Waals surface area contributed by atoms with Crippen molar-refractivity contribution in [3.63, 3.8) is 0 Å². The number of rotatable bonds is 7. The predicted octanol–water partition coefficient (Wildman–Crippen LogP) is 2.09. The lowest BCUT2D eigenvalue weighted by molar-refractivity contribution is -0.129. The van der Waals surface area contributed by atoms with E-state index in [2.05, 4.69) is 5.16 Å². The minimum absolute atomic E-state index is 0.227. The highest BCUT2D eigenvalue weighted by molar-refractivity contribution is 6.00. The summed E-state index contributed by atoms with van der Waals surface area (Å²) in [5.74, 6) is -1.01. The van der Waals surface area contributed by atoms with Crippen molar-refractivity contribution in [1.29, 1.82) is 0 Å². The second-order valence-corrected chi connectivity index (χ2v) is 5.06. The van der Waals surface area contributed by atoms with Crippen LogP contribution in [0.25, 0.3) is 11.3 Å². The van der Waals surface area contributed by atoms with Gasteiger partial charge in [-0.3, -0.25) is 14.8 Å². The molecular formula is C16H19N3O4. The highest BCUT2D eigenvalue weighted by Gasteiger charge is 2.24. The Hall–Kier alpha value is -2.67. The van der Waals surface area contributed by atoms with Gasteiger partial charge in [-0.15, -0.1) is 0 Å². The number of hydroxylamine groups is 1. The average Bonchev–Trinajstić information content (AvgIpc) is 3.08. The molecule has 0 aliphatic carbocycles. The van der Waals surface area contributed by atoms with Crippen molar-refractivity contribution in [2.75, 3.05) is 13.1 Å². The largest absolute Gasteiger partial charge is 0.363 e. The average molecular weight is 317 g/mol. The number of hydrogen-bond donors (Lipinski definition) is 2. The Morgan fingerprint density at radius 3 is 2.70 bits per heavy atom. The summed E-state index contributed by atoms with van der Waals surface area (Å²) in [7, 11) is 0. The fourth-order valence-corrected chi connectivity index (χ4v) is 2.17. The first-order chi connectivity index (χ1) is 11.2. The van der Waals surface area contributed by atoms with Gasteiger partial charge >= 0.3 is 0 Å². The molecule has 2 aromatic rings. The van der Waals surface area contributed by atoms with Crippen LogP contribution in [0.4, 0.5) is 0 Å². The lowest BCUT2D eigenvalue weighted by atomic mass is 10.1. The van der Waals surface area contributed by atoms with Crippen molar-refractivity contribution in [3.8, 4) is 11.3 Å². The van der Waals surface area contributed by atoms with Gasteiger partial charge in [-0.25, -0.2) is 5.48 Å². The smallest absolute Gasteiger partial charge is 0.262 e. The molecule has 0 atom stereocenters.